The minimum atomic E-state index is -4.46. The first kappa shape index (κ1) is 11.0. The monoisotopic (exact) mass is 222 g/mol. The predicted octanol–water partition coefficient (Wildman–Crippen LogP) is 3.48. The molecule has 0 atom stereocenters. The van der Waals surface area contributed by atoms with Gasteiger partial charge in [0.15, 0.2) is 5.78 Å². The second kappa shape index (κ2) is 4.00. The molecule has 0 fully saturated rings. The van der Waals surface area contributed by atoms with Gasteiger partial charge in [-0.05, 0) is 24.3 Å². The maximum absolute atomic E-state index is 11.8. The van der Waals surface area contributed by atoms with Gasteiger partial charge < -0.3 is 0 Å². The quantitative estimate of drug-likeness (QED) is 0.701. The zero-order valence-electron chi connectivity index (χ0n) is 6.94. The minimum absolute atomic E-state index is 0.0201. The molecule has 14 heavy (non-hydrogen) atoms. The first-order valence-electron chi connectivity index (χ1n) is 3.74. The first-order chi connectivity index (χ1) is 6.38. The van der Waals surface area contributed by atoms with Gasteiger partial charge in [-0.1, -0.05) is 11.6 Å². The van der Waals surface area contributed by atoms with Crippen molar-refractivity contribution in [3.63, 3.8) is 0 Å². The molecule has 0 saturated carbocycles. The zero-order valence-corrected chi connectivity index (χ0v) is 7.69. The van der Waals surface area contributed by atoms with E-state index in [0.717, 1.165) is 0 Å². The molecule has 0 amide bonds. The molecule has 0 aliphatic heterocycles. The Kier molecular flexibility index (Phi) is 3.16. The fourth-order valence-corrected chi connectivity index (χ4v) is 1.05. The van der Waals surface area contributed by atoms with E-state index in [2.05, 4.69) is 0 Å². The summed E-state index contributed by atoms with van der Waals surface area (Å²) in [7, 11) is 0. The second-order valence-electron chi connectivity index (χ2n) is 2.72. The highest BCUT2D eigenvalue weighted by atomic mass is 35.5. The van der Waals surface area contributed by atoms with Gasteiger partial charge in [0.1, 0.15) is 6.42 Å². The van der Waals surface area contributed by atoms with Crippen LogP contribution in [0.1, 0.15) is 16.8 Å². The number of halogens is 4. The highest BCUT2D eigenvalue weighted by molar-refractivity contribution is 6.30. The van der Waals surface area contributed by atoms with Gasteiger partial charge in [-0.2, -0.15) is 13.2 Å². The van der Waals surface area contributed by atoms with E-state index in [1.807, 2.05) is 0 Å². The number of ketones is 1. The molecule has 0 saturated heterocycles. The van der Waals surface area contributed by atoms with Crippen molar-refractivity contribution in [2.24, 2.45) is 0 Å². The Morgan fingerprint density at radius 3 is 2.14 bits per heavy atom. The maximum atomic E-state index is 11.8. The zero-order chi connectivity index (χ0) is 10.8. The van der Waals surface area contributed by atoms with Gasteiger partial charge in [0, 0.05) is 10.6 Å². The van der Waals surface area contributed by atoms with E-state index in [9.17, 15) is 18.0 Å². The predicted molar refractivity (Wildman–Crippen MR) is 46.5 cm³/mol. The summed E-state index contributed by atoms with van der Waals surface area (Å²) < 4.78 is 35.5. The fraction of sp³-hybridized carbons (Fsp3) is 0.222. The lowest BCUT2D eigenvalue weighted by Crippen LogP contribution is -2.14. The Bertz CT molecular complexity index is 329. The number of benzene rings is 1. The van der Waals surface area contributed by atoms with E-state index >= 15 is 0 Å². The smallest absolute Gasteiger partial charge is 0.294 e. The van der Waals surface area contributed by atoms with Gasteiger partial charge in [-0.15, -0.1) is 0 Å². The van der Waals surface area contributed by atoms with Crippen LogP contribution in [0.3, 0.4) is 0 Å². The Morgan fingerprint density at radius 2 is 1.71 bits per heavy atom. The average molecular weight is 223 g/mol. The Labute approximate surface area is 83.5 Å². The van der Waals surface area contributed by atoms with Gasteiger partial charge in [0.25, 0.3) is 0 Å². The number of rotatable bonds is 2. The molecule has 0 aliphatic rings. The molecule has 0 aromatic heterocycles. The topological polar surface area (TPSA) is 17.1 Å². The molecule has 5 heteroatoms. The summed E-state index contributed by atoms with van der Waals surface area (Å²) in [4.78, 5) is 11.0. The molecule has 0 heterocycles. The van der Waals surface area contributed by atoms with Crippen molar-refractivity contribution in [2.75, 3.05) is 0 Å². The lowest BCUT2D eigenvalue weighted by atomic mass is 10.1. The van der Waals surface area contributed by atoms with Gasteiger partial charge in [-0.3, -0.25) is 4.79 Å². The summed E-state index contributed by atoms with van der Waals surface area (Å²) in [6, 6.07) is 5.31. The molecule has 0 radical (unpaired) electrons. The van der Waals surface area contributed by atoms with E-state index in [0.29, 0.717) is 5.02 Å². The van der Waals surface area contributed by atoms with Crippen LogP contribution in [0.15, 0.2) is 24.3 Å². The first-order valence-corrected chi connectivity index (χ1v) is 4.12. The fourth-order valence-electron chi connectivity index (χ4n) is 0.920. The van der Waals surface area contributed by atoms with Crippen molar-refractivity contribution in [3.8, 4) is 0 Å². The minimum Gasteiger partial charge on any atom is -0.294 e. The number of alkyl halides is 3. The third-order valence-corrected chi connectivity index (χ3v) is 1.78. The average Bonchev–Trinajstić information content (AvgIpc) is 2.02. The van der Waals surface area contributed by atoms with Crippen LogP contribution in [0.4, 0.5) is 13.2 Å². The summed E-state index contributed by atoms with van der Waals surface area (Å²) in [5.41, 5.74) is 0.0201. The van der Waals surface area contributed by atoms with Crippen molar-refractivity contribution in [1.29, 1.82) is 0 Å². The Hall–Kier alpha value is -1.03. The lowest BCUT2D eigenvalue weighted by molar-refractivity contribution is -0.125. The summed E-state index contributed by atoms with van der Waals surface area (Å²) in [5, 5.41) is 0.383. The number of carbonyl (C=O) groups excluding carboxylic acids is 1. The third-order valence-electron chi connectivity index (χ3n) is 1.53. The van der Waals surface area contributed by atoms with Crippen molar-refractivity contribution in [2.45, 2.75) is 12.6 Å². The molecular formula is C9H6ClF3O. The standard InChI is InChI=1S/C9H6ClF3O/c10-7-3-1-6(2-4-7)8(14)5-9(11,12)13/h1-4H,5H2. The molecule has 1 rings (SSSR count). The molecule has 0 N–H and O–H groups in total. The van der Waals surface area contributed by atoms with Crippen LogP contribution in [0.2, 0.25) is 5.02 Å². The highest BCUT2D eigenvalue weighted by Crippen LogP contribution is 2.22. The summed E-state index contributed by atoms with van der Waals surface area (Å²) in [6.07, 6.45) is -5.90. The van der Waals surface area contributed by atoms with Crippen LogP contribution < -0.4 is 0 Å². The molecular weight excluding hydrogens is 217 g/mol. The van der Waals surface area contributed by atoms with Crippen molar-refractivity contribution >= 4 is 17.4 Å². The summed E-state index contributed by atoms with van der Waals surface area (Å²) in [5.74, 6) is -0.950. The summed E-state index contributed by atoms with van der Waals surface area (Å²) in [6.45, 7) is 0. The van der Waals surface area contributed by atoms with Crippen molar-refractivity contribution in [1.82, 2.24) is 0 Å². The molecule has 0 spiro atoms. The SMILES string of the molecule is O=C(CC(F)(F)F)c1ccc(Cl)cc1. The normalized spacial score (nSPS) is 11.4. The third kappa shape index (κ3) is 3.38. The van der Waals surface area contributed by atoms with Gasteiger partial charge in [-0.25, -0.2) is 0 Å². The molecule has 0 aliphatic carbocycles. The molecule has 76 valence electrons. The molecule has 0 unspecified atom stereocenters. The van der Waals surface area contributed by atoms with E-state index < -0.39 is 18.4 Å². The number of carbonyl (C=O) groups is 1. The van der Waals surface area contributed by atoms with Gasteiger partial charge in [0.05, 0.1) is 0 Å². The number of hydrogen-bond acceptors (Lipinski definition) is 1. The van der Waals surface area contributed by atoms with Gasteiger partial charge >= 0.3 is 6.18 Å². The summed E-state index contributed by atoms with van der Waals surface area (Å²) >= 11 is 5.52. The maximum Gasteiger partial charge on any atom is 0.396 e. The van der Waals surface area contributed by atoms with Crippen LogP contribution in [-0.2, 0) is 0 Å². The Balaban J connectivity index is 2.76. The van der Waals surface area contributed by atoms with Crippen LogP contribution >= 0.6 is 11.6 Å². The molecule has 0 bridgehead atoms. The highest BCUT2D eigenvalue weighted by Gasteiger charge is 2.31. The van der Waals surface area contributed by atoms with Crippen molar-refractivity contribution < 1.29 is 18.0 Å². The van der Waals surface area contributed by atoms with E-state index in [4.69, 9.17) is 11.6 Å². The van der Waals surface area contributed by atoms with Crippen LogP contribution in [0, 0.1) is 0 Å². The molecule has 1 nitrogen and oxygen atoms in total. The molecule has 1 aromatic carbocycles. The van der Waals surface area contributed by atoms with E-state index in [1.165, 1.54) is 24.3 Å². The number of Topliss-reactive ketones (excluding diaryl/α,β-unsaturated/α-hetero) is 1. The van der Waals surface area contributed by atoms with Gasteiger partial charge in [0.2, 0.25) is 0 Å². The number of hydrogen-bond donors (Lipinski definition) is 0. The van der Waals surface area contributed by atoms with E-state index in [-0.39, 0.29) is 5.56 Å². The van der Waals surface area contributed by atoms with Crippen LogP contribution in [-0.4, -0.2) is 12.0 Å². The van der Waals surface area contributed by atoms with Crippen LogP contribution in [0.5, 0.6) is 0 Å². The molecule has 1 aromatic rings. The van der Waals surface area contributed by atoms with Crippen LogP contribution in [0.25, 0.3) is 0 Å². The van der Waals surface area contributed by atoms with E-state index in [1.54, 1.807) is 0 Å². The largest absolute Gasteiger partial charge is 0.396 e. The lowest BCUT2D eigenvalue weighted by Gasteiger charge is -2.04. The second-order valence-corrected chi connectivity index (χ2v) is 3.16. The van der Waals surface area contributed by atoms with Crippen molar-refractivity contribution in [3.05, 3.63) is 34.9 Å². The Morgan fingerprint density at radius 1 is 1.21 bits per heavy atom.